The first kappa shape index (κ1) is 18.6. The number of aryl methyl sites for hydroxylation is 1. The molecule has 1 unspecified atom stereocenters. The fraction of sp³-hybridized carbons (Fsp3) is 0.286. The van der Waals surface area contributed by atoms with Crippen LogP contribution in [-0.4, -0.2) is 15.9 Å². The number of carbonyl (C=O) groups excluding carboxylic acids is 1. The quantitative estimate of drug-likeness (QED) is 0.662. The van der Waals surface area contributed by atoms with Gasteiger partial charge in [-0.3, -0.25) is 9.59 Å². The van der Waals surface area contributed by atoms with E-state index in [1.54, 1.807) is 23.5 Å². The SMILES string of the molecule is O=C(NCc1ccsc1)C1CCc2nc(-c3ccc(F)cc3)[nH]c(=O)c2CC1. The molecule has 4 rings (SSSR count). The second kappa shape index (κ2) is 8.06. The van der Waals surface area contributed by atoms with E-state index in [2.05, 4.69) is 15.3 Å². The first-order chi connectivity index (χ1) is 13.6. The van der Waals surface area contributed by atoms with Gasteiger partial charge >= 0.3 is 0 Å². The molecule has 2 N–H and O–H groups in total. The maximum Gasteiger partial charge on any atom is 0.254 e. The summed E-state index contributed by atoms with van der Waals surface area (Å²) in [6.45, 7) is 0.527. The summed E-state index contributed by atoms with van der Waals surface area (Å²) < 4.78 is 13.2. The van der Waals surface area contributed by atoms with E-state index < -0.39 is 0 Å². The minimum Gasteiger partial charge on any atom is -0.352 e. The largest absolute Gasteiger partial charge is 0.352 e. The summed E-state index contributed by atoms with van der Waals surface area (Å²) >= 11 is 1.61. The van der Waals surface area contributed by atoms with Crippen LogP contribution in [0.1, 0.15) is 29.7 Å². The molecular formula is C21H20FN3O2S. The number of rotatable bonds is 4. The fourth-order valence-corrected chi connectivity index (χ4v) is 4.18. The molecule has 1 aliphatic carbocycles. The first-order valence-electron chi connectivity index (χ1n) is 9.27. The second-order valence-corrected chi connectivity index (χ2v) is 7.75. The van der Waals surface area contributed by atoms with Gasteiger partial charge in [-0.2, -0.15) is 11.3 Å². The van der Waals surface area contributed by atoms with Gasteiger partial charge in [0.2, 0.25) is 5.91 Å². The van der Waals surface area contributed by atoms with Crippen LogP contribution in [0.2, 0.25) is 0 Å². The van der Waals surface area contributed by atoms with E-state index in [9.17, 15) is 14.0 Å². The Labute approximate surface area is 165 Å². The van der Waals surface area contributed by atoms with Gasteiger partial charge in [0, 0.05) is 23.6 Å². The maximum absolute atomic E-state index is 13.2. The van der Waals surface area contributed by atoms with Gasteiger partial charge in [0.15, 0.2) is 0 Å². The van der Waals surface area contributed by atoms with Crippen LogP contribution in [0.3, 0.4) is 0 Å². The molecule has 1 amide bonds. The molecule has 0 radical (unpaired) electrons. The number of nitrogens with zero attached hydrogens (tertiary/aromatic N) is 1. The highest BCUT2D eigenvalue weighted by Gasteiger charge is 2.25. The molecule has 7 heteroatoms. The number of hydrogen-bond donors (Lipinski definition) is 2. The predicted octanol–water partition coefficient (Wildman–Crippen LogP) is 3.45. The van der Waals surface area contributed by atoms with Gasteiger partial charge in [0.05, 0.1) is 5.69 Å². The number of amides is 1. The lowest BCUT2D eigenvalue weighted by atomic mass is 9.99. The normalized spacial score (nSPS) is 16.2. The molecule has 0 fully saturated rings. The molecule has 0 aliphatic heterocycles. The van der Waals surface area contributed by atoms with E-state index in [-0.39, 0.29) is 23.2 Å². The minimum absolute atomic E-state index is 0.0224. The van der Waals surface area contributed by atoms with Crippen LogP contribution in [0.25, 0.3) is 11.4 Å². The number of hydrogen-bond acceptors (Lipinski definition) is 4. The molecule has 0 saturated carbocycles. The Hall–Kier alpha value is -2.80. The van der Waals surface area contributed by atoms with Crippen molar-refractivity contribution in [2.45, 2.75) is 32.2 Å². The second-order valence-electron chi connectivity index (χ2n) is 6.97. The number of nitrogens with one attached hydrogen (secondary N) is 2. The van der Waals surface area contributed by atoms with Crippen molar-refractivity contribution < 1.29 is 9.18 Å². The Kier molecular flexibility index (Phi) is 5.34. The molecule has 0 spiro atoms. The molecule has 0 bridgehead atoms. The van der Waals surface area contributed by atoms with Crippen molar-refractivity contribution in [3.8, 4) is 11.4 Å². The molecule has 0 saturated heterocycles. The molecule has 2 heterocycles. The van der Waals surface area contributed by atoms with Gasteiger partial charge in [-0.1, -0.05) is 0 Å². The van der Waals surface area contributed by atoms with Crippen LogP contribution in [0.4, 0.5) is 4.39 Å². The number of aromatic nitrogens is 2. The Morgan fingerprint density at radius 1 is 1.21 bits per heavy atom. The Bertz CT molecular complexity index is 1030. The van der Waals surface area contributed by atoms with Gasteiger partial charge in [0.25, 0.3) is 5.56 Å². The monoisotopic (exact) mass is 397 g/mol. The van der Waals surface area contributed by atoms with E-state index in [1.165, 1.54) is 12.1 Å². The van der Waals surface area contributed by atoms with Crippen LogP contribution in [-0.2, 0) is 24.2 Å². The standard InChI is InChI=1S/C21H20FN3O2S/c22-16-5-1-14(2-6-16)19-24-18-8-4-15(3-7-17(18)21(27)25-19)20(26)23-11-13-9-10-28-12-13/h1-2,5-6,9-10,12,15H,3-4,7-8,11H2,(H,23,26)(H,24,25,27). The first-order valence-corrected chi connectivity index (χ1v) is 10.2. The predicted molar refractivity (Wildman–Crippen MR) is 107 cm³/mol. The van der Waals surface area contributed by atoms with E-state index >= 15 is 0 Å². The van der Waals surface area contributed by atoms with Crippen molar-refractivity contribution in [3.05, 3.63) is 74.1 Å². The van der Waals surface area contributed by atoms with Gasteiger partial charge < -0.3 is 10.3 Å². The summed E-state index contributed by atoms with van der Waals surface area (Å²) in [5.41, 5.74) is 2.96. The van der Waals surface area contributed by atoms with Crippen LogP contribution >= 0.6 is 11.3 Å². The van der Waals surface area contributed by atoms with Gasteiger partial charge in [-0.05, 0) is 72.3 Å². The summed E-state index contributed by atoms with van der Waals surface area (Å²) in [6.07, 6.45) is 2.38. The van der Waals surface area contributed by atoms with E-state index in [4.69, 9.17) is 0 Å². The molecule has 1 atom stereocenters. The molecular weight excluding hydrogens is 377 g/mol. The third-order valence-corrected chi connectivity index (χ3v) is 5.84. The molecule has 2 aromatic heterocycles. The highest BCUT2D eigenvalue weighted by Crippen LogP contribution is 2.24. The summed E-state index contributed by atoms with van der Waals surface area (Å²) in [7, 11) is 0. The van der Waals surface area contributed by atoms with Crippen LogP contribution in [0.15, 0.2) is 45.9 Å². The molecule has 1 aliphatic rings. The summed E-state index contributed by atoms with van der Waals surface area (Å²) in [4.78, 5) is 32.5. The lowest BCUT2D eigenvalue weighted by Gasteiger charge is -2.13. The maximum atomic E-state index is 13.2. The van der Waals surface area contributed by atoms with Crippen molar-refractivity contribution >= 4 is 17.2 Å². The minimum atomic E-state index is -0.336. The zero-order chi connectivity index (χ0) is 19.5. The average molecular weight is 397 g/mol. The van der Waals surface area contributed by atoms with Crippen LogP contribution < -0.4 is 10.9 Å². The molecule has 3 aromatic rings. The number of halogens is 1. The number of H-pyrrole nitrogens is 1. The number of fused-ring (bicyclic) bond motifs is 1. The fourth-order valence-electron chi connectivity index (χ4n) is 3.52. The van der Waals surface area contributed by atoms with Crippen molar-refractivity contribution in [2.75, 3.05) is 0 Å². The number of aromatic amines is 1. The smallest absolute Gasteiger partial charge is 0.254 e. The number of benzene rings is 1. The van der Waals surface area contributed by atoms with Crippen molar-refractivity contribution in [1.29, 1.82) is 0 Å². The van der Waals surface area contributed by atoms with E-state index in [0.29, 0.717) is 49.2 Å². The zero-order valence-electron chi connectivity index (χ0n) is 15.2. The van der Waals surface area contributed by atoms with E-state index in [1.807, 2.05) is 16.8 Å². The highest BCUT2D eigenvalue weighted by atomic mass is 32.1. The van der Waals surface area contributed by atoms with Gasteiger partial charge in [0.1, 0.15) is 11.6 Å². The van der Waals surface area contributed by atoms with Crippen molar-refractivity contribution in [3.63, 3.8) is 0 Å². The zero-order valence-corrected chi connectivity index (χ0v) is 16.0. The van der Waals surface area contributed by atoms with E-state index in [0.717, 1.165) is 11.3 Å². The topological polar surface area (TPSA) is 74.8 Å². The van der Waals surface area contributed by atoms with Gasteiger partial charge in [-0.15, -0.1) is 0 Å². The summed E-state index contributed by atoms with van der Waals surface area (Å²) in [5.74, 6) is -0.0167. The average Bonchev–Trinajstić information content (AvgIpc) is 3.12. The Morgan fingerprint density at radius 3 is 2.75 bits per heavy atom. The third-order valence-electron chi connectivity index (χ3n) is 5.11. The molecule has 5 nitrogen and oxygen atoms in total. The summed E-state index contributed by atoms with van der Waals surface area (Å²) in [5, 5.41) is 7.00. The highest BCUT2D eigenvalue weighted by molar-refractivity contribution is 7.07. The lowest BCUT2D eigenvalue weighted by molar-refractivity contribution is -0.125. The molecule has 144 valence electrons. The van der Waals surface area contributed by atoms with Crippen molar-refractivity contribution in [2.24, 2.45) is 5.92 Å². The van der Waals surface area contributed by atoms with Crippen LogP contribution in [0.5, 0.6) is 0 Å². The van der Waals surface area contributed by atoms with Crippen LogP contribution in [0, 0.1) is 11.7 Å². The van der Waals surface area contributed by atoms with Crippen molar-refractivity contribution in [1.82, 2.24) is 15.3 Å². The Balaban J connectivity index is 1.49. The van der Waals surface area contributed by atoms with Gasteiger partial charge in [-0.25, -0.2) is 9.37 Å². The number of thiophene rings is 1. The molecule has 1 aromatic carbocycles. The third kappa shape index (κ3) is 4.04. The summed E-state index contributed by atoms with van der Waals surface area (Å²) in [6, 6.07) is 7.87. The molecule has 28 heavy (non-hydrogen) atoms. The Morgan fingerprint density at radius 2 is 2.00 bits per heavy atom. The lowest BCUT2D eigenvalue weighted by Crippen LogP contribution is -2.30. The number of carbonyl (C=O) groups is 1.